The Morgan fingerprint density at radius 3 is 2.50 bits per heavy atom. The van der Waals surface area contributed by atoms with E-state index in [-0.39, 0.29) is 6.54 Å². The highest BCUT2D eigenvalue weighted by atomic mass is 31.2. The maximum Gasteiger partial charge on any atom is 0.259 e. The summed E-state index contributed by atoms with van der Waals surface area (Å²) < 4.78 is 11.8. The summed E-state index contributed by atoms with van der Waals surface area (Å²) in [6.07, 6.45) is 1.08. The molecule has 0 aliphatic carbocycles. The number of carbonyl (C=O) groups is 1. The summed E-state index contributed by atoms with van der Waals surface area (Å²) in [5.41, 5.74) is 1.07. The zero-order chi connectivity index (χ0) is 15.2. The monoisotopic (exact) mass is 300 g/mol. The zero-order valence-corrected chi connectivity index (χ0v) is 12.6. The number of aryl methyl sites for hydroxylation is 1. The van der Waals surface area contributed by atoms with Crippen LogP contribution in [-0.2, 0) is 15.8 Å². The van der Waals surface area contributed by atoms with Crippen LogP contribution in [0.3, 0.4) is 0 Å². The number of nitrogens with zero attached hydrogens (tertiary/aromatic N) is 1. The van der Waals surface area contributed by atoms with Gasteiger partial charge in [-0.15, -0.1) is 0 Å². The lowest BCUT2D eigenvalue weighted by atomic mass is 10.1. The third kappa shape index (κ3) is 5.84. The van der Waals surface area contributed by atoms with Gasteiger partial charge in [-0.25, -0.2) is 5.06 Å². The molecule has 6 nitrogen and oxygen atoms in total. The van der Waals surface area contributed by atoms with Crippen molar-refractivity contribution in [3.05, 3.63) is 35.9 Å². The van der Waals surface area contributed by atoms with Crippen molar-refractivity contribution in [2.75, 3.05) is 20.3 Å². The predicted octanol–water partition coefficient (Wildman–Crippen LogP) is 1.28. The molecule has 0 saturated carbocycles. The van der Waals surface area contributed by atoms with Crippen LogP contribution in [0.25, 0.3) is 0 Å². The molecule has 3 N–H and O–H groups in total. The molecule has 112 valence electrons. The minimum atomic E-state index is -3.36. The van der Waals surface area contributed by atoms with Crippen molar-refractivity contribution in [1.29, 1.82) is 0 Å². The lowest BCUT2D eigenvalue weighted by Crippen LogP contribution is -2.39. The van der Waals surface area contributed by atoms with Gasteiger partial charge in [0, 0.05) is 13.7 Å². The van der Waals surface area contributed by atoms with E-state index in [1.54, 1.807) is 0 Å². The highest BCUT2D eigenvalue weighted by Crippen LogP contribution is 2.42. The molecule has 0 aliphatic heterocycles. The fourth-order valence-electron chi connectivity index (χ4n) is 1.78. The molecule has 20 heavy (non-hydrogen) atoms. The molecule has 2 unspecified atom stereocenters. The van der Waals surface area contributed by atoms with Crippen LogP contribution >= 0.6 is 7.37 Å². The van der Waals surface area contributed by atoms with Crippen LogP contribution in [0.1, 0.15) is 12.0 Å². The van der Waals surface area contributed by atoms with Gasteiger partial charge in [0.1, 0.15) is 0 Å². The fourth-order valence-corrected chi connectivity index (χ4v) is 2.82. The standard InChI is InChI=1S/C13H21N2O4P/c1-15(17)13(16)10-14-12(20(2,18)19)9-8-11-6-4-3-5-7-11/h3-7,12,14,17H,8-10H2,1-2H3,(H,18,19). The maximum absolute atomic E-state index is 11.8. The van der Waals surface area contributed by atoms with Gasteiger partial charge in [-0.05, 0) is 18.4 Å². The van der Waals surface area contributed by atoms with Gasteiger partial charge in [0.15, 0.2) is 0 Å². The van der Waals surface area contributed by atoms with E-state index in [0.29, 0.717) is 17.9 Å². The van der Waals surface area contributed by atoms with Crippen LogP contribution in [0, 0.1) is 0 Å². The molecule has 2 atom stereocenters. The summed E-state index contributed by atoms with van der Waals surface area (Å²) in [5, 5.41) is 12.2. The van der Waals surface area contributed by atoms with E-state index >= 15 is 0 Å². The number of hydroxylamine groups is 2. The van der Waals surface area contributed by atoms with Gasteiger partial charge in [-0.1, -0.05) is 30.3 Å². The van der Waals surface area contributed by atoms with E-state index in [1.165, 1.54) is 13.7 Å². The minimum Gasteiger partial charge on any atom is -0.343 e. The Bertz CT molecular complexity index is 473. The van der Waals surface area contributed by atoms with Crippen molar-refractivity contribution in [2.24, 2.45) is 0 Å². The van der Waals surface area contributed by atoms with E-state index in [0.717, 1.165) is 5.56 Å². The maximum atomic E-state index is 11.8. The van der Waals surface area contributed by atoms with Gasteiger partial charge < -0.3 is 4.89 Å². The van der Waals surface area contributed by atoms with E-state index in [1.807, 2.05) is 30.3 Å². The Labute approximate surface area is 118 Å². The molecule has 0 bridgehead atoms. The van der Waals surface area contributed by atoms with Crippen molar-refractivity contribution in [1.82, 2.24) is 10.4 Å². The fraction of sp³-hybridized carbons (Fsp3) is 0.462. The van der Waals surface area contributed by atoms with Gasteiger partial charge in [0.2, 0.25) is 7.37 Å². The summed E-state index contributed by atoms with van der Waals surface area (Å²) in [7, 11) is -2.15. The number of carbonyl (C=O) groups excluding carboxylic acids is 1. The second kappa shape index (κ2) is 7.55. The normalized spacial score (nSPS) is 15.4. The quantitative estimate of drug-likeness (QED) is 0.401. The average molecular weight is 300 g/mol. The average Bonchev–Trinajstić information content (AvgIpc) is 2.37. The van der Waals surface area contributed by atoms with Crippen molar-refractivity contribution < 1.29 is 19.5 Å². The van der Waals surface area contributed by atoms with E-state index < -0.39 is 19.1 Å². The summed E-state index contributed by atoms with van der Waals surface area (Å²) >= 11 is 0. The van der Waals surface area contributed by atoms with Crippen LogP contribution in [0.15, 0.2) is 30.3 Å². The first kappa shape index (κ1) is 16.9. The molecular formula is C13H21N2O4P. The highest BCUT2D eigenvalue weighted by molar-refractivity contribution is 7.57. The number of nitrogens with one attached hydrogen (secondary N) is 1. The van der Waals surface area contributed by atoms with Gasteiger partial charge in [0.25, 0.3) is 5.91 Å². The molecule has 0 radical (unpaired) electrons. The molecule has 0 spiro atoms. The first-order valence-corrected chi connectivity index (χ1v) is 8.51. The lowest BCUT2D eigenvalue weighted by Gasteiger charge is -2.22. The molecule has 0 fully saturated rings. The number of hydrogen-bond donors (Lipinski definition) is 3. The smallest absolute Gasteiger partial charge is 0.259 e. The lowest BCUT2D eigenvalue weighted by molar-refractivity contribution is -0.158. The second-order valence-electron chi connectivity index (χ2n) is 4.78. The Balaban J connectivity index is 2.57. The van der Waals surface area contributed by atoms with Gasteiger partial charge in [-0.3, -0.25) is 19.9 Å². The van der Waals surface area contributed by atoms with Gasteiger partial charge in [-0.2, -0.15) is 0 Å². The third-order valence-electron chi connectivity index (χ3n) is 2.98. The Hall–Kier alpha value is -1.20. The Morgan fingerprint density at radius 1 is 1.40 bits per heavy atom. The number of rotatable bonds is 7. The number of benzene rings is 1. The topological polar surface area (TPSA) is 89.9 Å². The first-order chi connectivity index (χ1) is 9.30. The molecule has 0 saturated heterocycles. The molecule has 0 aliphatic rings. The Morgan fingerprint density at radius 2 is 2.00 bits per heavy atom. The summed E-state index contributed by atoms with van der Waals surface area (Å²) in [5.74, 6) is -1.23. The summed E-state index contributed by atoms with van der Waals surface area (Å²) in [6.45, 7) is 1.09. The van der Waals surface area contributed by atoms with E-state index in [2.05, 4.69) is 5.32 Å². The van der Waals surface area contributed by atoms with Crippen molar-refractivity contribution in [3.8, 4) is 0 Å². The van der Waals surface area contributed by atoms with Crippen LogP contribution in [-0.4, -0.2) is 47.1 Å². The zero-order valence-electron chi connectivity index (χ0n) is 11.7. The molecule has 0 aromatic heterocycles. The largest absolute Gasteiger partial charge is 0.343 e. The van der Waals surface area contributed by atoms with Crippen LogP contribution in [0.2, 0.25) is 0 Å². The minimum absolute atomic E-state index is 0.176. The third-order valence-corrected chi connectivity index (χ3v) is 4.57. The summed E-state index contributed by atoms with van der Waals surface area (Å²) in [6, 6.07) is 9.62. The Kier molecular flexibility index (Phi) is 6.36. The number of likely N-dealkylation sites (N-methyl/N-ethyl adjacent to an activating group) is 1. The first-order valence-electron chi connectivity index (χ1n) is 6.33. The second-order valence-corrected chi connectivity index (χ2v) is 7.29. The molecule has 7 heteroatoms. The van der Waals surface area contributed by atoms with E-state index in [9.17, 15) is 14.3 Å². The molecule has 1 aromatic rings. The van der Waals surface area contributed by atoms with Crippen LogP contribution < -0.4 is 5.32 Å². The van der Waals surface area contributed by atoms with Crippen molar-refractivity contribution in [2.45, 2.75) is 18.6 Å². The predicted molar refractivity (Wildman–Crippen MR) is 76.9 cm³/mol. The van der Waals surface area contributed by atoms with Gasteiger partial charge in [0.05, 0.1) is 12.3 Å². The molecule has 0 heterocycles. The van der Waals surface area contributed by atoms with Gasteiger partial charge >= 0.3 is 0 Å². The van der Waals surface area contributed by atoms with Crippen molar-refractivity contribution >= 4 is 13.3 Å². The molecule has 1 rings (SSSR count). The summed E-state index contributed by atoms with van der Waals surface area (Å²) in [4.78, 5) is 21.0. The SMILES string of the molecule is CN(O)C(=O)CNC(CCc1ccccc1)P(C)(=O)O. The molecular weight excluding hydrogens is 279 g/mol. The number of amides is 1. The highest BCUT2D eigenvalue weighted by Gasteiger charge is 2.25. The van der Waals surface area contributed by atoms with Crippen molar-refractivity contribution in [3.63, 3.8) is 0 Å². The molecule has 1 aromatic carbocycles. The van der Waals surface area contributed by atoms with E-state index in [4.69, 9.17) is 5.21 Å². The number of hydrogen-bond acceptors (Lipinski definition) is 4. The molecule has 1 amide bonds. The van der Waals surface area contributed by atoms with Crippen LogP contribution in [0.5, 0.6) is 0 Å². The van der Waals surface area contributed by atoms with Crippen LogP contribution in [0.4, 0.5) is 0 Å².